The van der Waals surface area contributed by atoms with Crippen LogP contribution in [-0.2, 0) is 0 Å². The van der Waals surface area contributed by atoms with Gasteiger partial charge in [-0.1, -0.05) is 59.8 Å². The Hall–Kier alpha value is -1.26. The van der Waals surface area contributed by atoms with Crippen molar-refractivity contribution >= 4 is 36.4 Å². The molecule has 0 radical (unpaired) electrons. The average Bonchev–Trinajstić information content (AvgIpc) is 2.96. The van der Waals surface area contributed by atoms with Crippen LogP contribution in [-0.4, -0.2) is 8.32 Å². The largest absolute Gasteiger partial charge is 0.543 e. The molecule has 4 heteroatoms. The summed E-state index contributed by atoms with van der Waals surface area (Å²) in [6.45, 7) is 13.9. The summed E-state index contributed by atoms with van der Waals surface area (Å²) in [5.41, 5.74) is 2.85. The Kier molecular flexibility index (Phi) is 6.75. The SMILES string of the molecule is CC(C)[Si](Oc1ccc(/C=C/c2ccc(Br)o2)cc1)(C(C)C)C(C)C. The van der Waals surface area contributed by atoms with Crippen molar-refractivity contribution in [1.82, 2.24) is 0 Å². The van der Waals surface area contributed by atoms with Crippen molar-refractivity contribution in [3.8, 4) is 5.75 Å². The zero-order valence-electron chi connectivity index (χ0n) is 16.0. The summed E-state index contributed by atoms with van der Waals surface area (Å²) in [5, 5.41) is 0. The third-order valence-electron chi connectivity index (χ3n) is 4.92. The maximum absolute atomic E-state index is 6.70. The van der Waals surface area contributed by atoms with Gasteiger partial charge in [0.25, 0.3) is 8.32 Å². The zero-order chi connectivity index (χ0) is 18.6. The quantitative estimate of drug-likeness (QED) is 0.426. The second-order valence-electron chi connectivity index (χ2n) is 7.46. The van der Waals surface area contributed by atoms with Crippen LogP contribution in [0.5, 0.6) is 5.75 Å². The van der Waals surface area contributed by atoms with Gasteiger partial charge in [-0.15, -0.1) is 0 Å². The molecule has 2 aromatic rings. The minimum absolute atomic E-state index is 0.574. The monoisotopic (exact) mass is 420 g/mol. The number of furan rings is 1. The van der Waals surface area contributed by atoms with Crippen molar-refractivity contribution in [3.05, 3.63) is 52.4 Å². The second-order valence-corrected chi connectivity index (χ2v) is 13.6. The molecule has 0 fully saturated rings. The van der Waals surface area contributed by atoms with Gasteiger partial charge < -0.3 is 8.84 Å². The highest BCUT2D eigenvalue weighted by Gasteiger charge is 2.46. The minimum Gasteiger partial charge on any atom is -0.543 e. The molecule has 1 aromatic heterocycles. The molecule has 0 bridgehead atoms. The van der Waals surface area contributed by atoms with E-state index in [4.69, 9.17) is 8.84 Å². The van der Waals surface area contributed by atoms with Gasteiger partial charge in [-0.05, 0) is 68.5 Å². The first kappa shape index (κ1) is 20.1. The van der Waals surface area contributed by atoms with E-state index in [0.29, 0.717) is 16.6 Å². The minimum atomic E-state index is -1.89. The molecular weight excluding hydrogens is 392 g/mol. The lowest BCUT2D eigenvalue weighted by molar-refractivity contribution is 0.480. The van der Waals surface area contributed by atoms with Gasteiger partial charge in [0.2, 0.25) is 0 Å². The molecule has 0 unspecified atom stereocenters. The van der Waals surface area contributed by atoms with Crippen molar-refractivity contribution in [2.24, 2.45) is 0 Å². The lowest BCUT2D eigenvalue weighted by Crippen LogP contribution is -2.50. The zero-order valence-corrected chi connectivity index (χ0v) is 18.6. The third-order valence-corrected chi connectivity index (χ3v) is 11.3. The van der Waals surface area contributed by atoms with Crippen LogP contribution in [0.3, 0.4) is 0 Å². The van der Waals surface area contributed by atoms with Crippen molar-refractivity contribution in [3.63, 3.8) is 0 Å². The number of hydrogen-bond donors (Lipinski definition) is 0. The van der Waals surface area contributed by atoms with E-state index in [2.05, 4.69) is 81.7 Å². The molecule has 0 aliphatic heterocycles. The summed E-state index contributed by atoms with van der Waals surface area (Å²) in [6, 6.07) is 12.2. The Morgan fingerprint density at radius 1 is 0.840 bits per heavy atom. The highest BCUT2D eigenvalue weighted by atomic mass is 79.9. The molecule has 0 aliphatic rings. The van der Waals surface area contributed by atoms with Gasteiger partial charge in [-0.2, -0.15) is 0 Å². The predicted octanol–water partition coefficient (Wildman–Crippen LogP) is 7.77. The van der Waals surface area contributed by atoms with E-state index in [1.165, 1.54) is 0 Å². The Morgan fingerprint density at radius 2 is 1.40 bits per heavy atom. The summed E-state index contributed by atoms with van der Waals surface area (Å²) in [7, 11) is -1.89. The average molecular weight is 421 g/mol. The fourth-order valence-corrected chi connectivity index (χ4v) is 9.37. The Bertz CT molecular complexity index is 677. The van der Waals surface area contributed by atoms with Crippen molar-refractivity contribution < 1.29 is 8.84 Å². The fourth-order valence-electron chi connectivity index (χ4n) is 3.80. The third kappa shape index (κ3) is 4.67. The first-order valence-corrected chi connectivity index (χ1v) is 11.9. The van der Waals surface area contributed by atoms with Crippen LogP contribution < -0.4 is 4.43 Å². The molecule has 0 saturated heterocycles. The molecule has 0 aliphatic carbocycles. The van der Waals surface area contributed by atoms with Crippen LogP contribution in [0.2, 0.25) is 16.6 Å². The van der Waals surface area contributed by atoms with Crippen molar-refractivity contribution in [2.75, 3.05) is 0 Å². The number of halogens is 1. The summed E-state index contributed by atoms with van der Waals surface area (Å²) in [5.74, 6) is 1.82. The highest BCUT2D eigenvalue weighted by molar-refractivity contribution is 9.10. The predicted molar refractivity (Wildman–Crippen MR) is 113 cm³/mol. The van der Waals surface area contributed by atoms with Crippen LogP contribution in [0, 0.1) is 0 Å². The fraction of sp³-hybridized carbons (Fsp3) is 0.429. The van der Waals surface area contributed by atoms with Crippen LogP contribution in [0.15, 0.2) is 45.5 Å². The van der Waals surface area contributed by atoms with Crippen LogP contribution >= 0.6 is 15.9 Å². The topological polar surface area (TPSA) is 22.4 Å². The second kappa shape index (κ2) is 8.41. The van der Waals surface area contributed by atoms with E-state index in [0.717, 1.165) is 21.7 Å². The molecule has 0 spiro atoms. The lowest BCUT2D eigenvalue weighted by atomic mass is 10.2. The maximum atomic E-state index is 6.70. The molecule has 136 valence electrons. The number of benzene rings is 1. The molecule has 2 rings (SSSR count). The Balaban J connectivity index is 2.17. The van der Waals surface area contributed by atoms with Gasteiger partial charge in [-0.3, -0.25) is 0 Å². The van der Waals surface area contributed by atoms with Gasteiger partial charge in [0.15, 0.2) is 4.67 Å². The molecule has 2 nitrogen and oxygen atoms in total. The first-order valence-electron chi connectivity index (χ1n) is 8.98. The van der Waals surface area contributed by atoms with E-state index in [1.807, 2.05) is 24.3 Å². The standard InChI is InChI=1S/C21H29BrO2Si/c1-15(2)25(16(3)4,17(5)6)24-20-11-8-18(9-12-20)7-10-19-13-14-21(22)23-19/h7-17H,1-6H3/b10-7+. The number of rotatable bonds is 7. The van der Waals surface area contributed by atoms with E-state index >= 15 is 0 Å². The van der Waals surface area contributed by atoms with E-state index in [9.17, 15) is 0 Å². The van der Waals surface area contributed by atoms with Gasteiger partial charge in [0.05, 0.1) is 0 Å². The van der Waals surface area contributed by atoms with Crippen LogP contribution in [0.25, 0.3) is 12.2 Å². The summed E-state index contributed by atoms with van der Waals surface area (Å²) in [6.07, 6.45) is 4.02. The molecule has 25 heavy (non-hydrogen) atoms. The molecule has 0 N–H and O–H groups in total. The molecule has 1 aromatic carbocycles. The van der Waals surface area contributed by atoms with Gasteiger partial charge in [0, 0.05) is 0 Å². The van der Waals surface area contributed by atoms with Gasteiger partial charge in [0.1, 0.15) is 11.5 Å². The molecule has 0 atom stereocenters. The van der Waals surface area contributed by atoms with E-state index < -0.39 is 8.32 Å². The van der Waals surface area contributed by atoms with Crippen LogP contribution in [0.1, 0.15) is 52.9 Å². The molecule has 0 amide bonds. The molecule has 1 heterocycles. The smallest absolute Gasteiger partial charge is 0.258 e. The molecular formula is C21H29BrO2Si. The highest BCUT2D eigenvalue weighted by Crippen LogP contribution is 2.42. The van der Waals surface area contributed by atoms with E-state index in [-0.39, 0.29) is 0 Å². The van der Waals surface area contributed by atoms with Gasteiger partial charge >= 0.3 is 0 Å². The van der Waals surface area contributed by atoms with Crippen molar-refractivity contribution in [2.45, 2.75) is 58.2 Å². The Morgan fingerprint density at radius 3 is 1.84 bits per heavy atom. The number of hydrogen-bond acceptors (Lipinski definition) is 2. The first-order chi connectivity index (χ1) is 11.8. The van der Waals surface area contributed by atoms with Crippen molar-refractivity contribution in [1.29, 1.82) is 0 Å². The summed E-state index contributed by atoms with van der Waals surface area (Å²) in [4.78, 5) is 0. The van der Waals surface area contributed by atoms with Crippen LogP contribution in [0.4, 0.5) is 0 Å². The molecule has 0 saturated carbocycles. The Labute approximate surface area is 161 Å². The van der Waals surface area contributed by atoms with E-state index in [1.54, 1.807) is 0 Å². The summed E-state index contributed by atoms with van der Waals surface area (Å²) >= 11 is 3.32. The maximum Gasteiger partial charge on any atom is 0.258 e. The van der Waals surface area contributed by atoms with Gasteiger partial charge in [-0.25, -0.2) is 0 Å². The summed E-state index contributed by atoms with van der Waals surface area (Å²) < 4.78 is 12.9. The normalized spacial score (nSPS) is 12.7. The lowest BCUT2D eigenvalue weighted by Gasteiger charge is -2.42.